The van der Waals surface area contributed by atoms with Crippen LogP contribution in [0.25, 0.3) is 0 Å². The molecule has 1 aliphatic carbocycles. The van der Waals surface area contributed by atoms with Crippen molar-refractivity contribution in [1.29, 1.82) is 0 Å². The van der Waals surface area contributed by atoms with Gasteiger partial charge in [-0.15, -0.1) is 0 Å². The van der Waals surface area contributed by atoms with Crippen LogP contribution in [0.1, 0.15) is 49.7 Å². The summed E-state index contributed by atoms with van der Waals surface area (Å²) in [7, 11) is 0. The fourth-order valence-corrected chi connectivity index (χ4v) is 3.91. The van der Waals surface area contributed by atoms with Crippen molar-refractivity contribution >= 4 is 0 Å². The normalized spacial score (nSPS) is 30.6. The smallest absolute Gasteiger partial charge is 0.0300 e. The van der Waals surface area contributed by atoms with Crippen molar-refractivity contribution < 1.29 is 0 Å². The monoisotopic (exact) mass is 273 g/mol. The van der Waals surface area contributed by atoms with Gasteiger partial charge in [-0.05, 0) is 62.3 Å². The van der Waals surface area contributed by atoms with Gasteiger partial charge >= 0.3 is 0 Å². The third kappa shape index (κ3) is 3.21. The van der Waals surface area contributed by atoms with Gasteiger partial charge in [-0.2, -0.15) is 0 Å². The molecule has 2 N–H and O–H groups in total. The summed E-state index contributed by atoms with van der Waals surface area (Å²) in [4.78, 5) is 4.18. The Labute approximate surface area is 122 Å². The molecule has 2 heterocycles. The maximum Gasteiger partial charge on any atom is 0.0300 e. The van der Waals surface area contributed by atoms with Crippen LogP contribution in [0.2, 0.25) is 0 Å². The lowest BCUT2D eigenvalue weighted by molar-refractivity contribution is 0.213. The highest BCUT2D eigenvalue weighted by molar-refractivity contribution is 5.21. The zero-order valence-electron chi connectivity index (χ0n) is 12.6. The number of hydrogen-bond acceptors (Lipinski definition) is 3. The number of pyridine rings is 1. The zero-order valence-corrected chi connectivity index (χ0v) is 12.6. The van der Waals surface area contributed by atoms with Crippen molar-refractivity contribution in [3.8, 4) is 0 Å². The lowest BCUT2D eigenvalue weighted by atomic mass is 9.79. The molecule has 0 aromatic carbocycles. The van der Waals surface area contributed by atoms with Gasteiger partial charge in [0.15, 0.2) is 0 Å². The Morgan fingerprint density at radius 1 is 1.25 bits per heavy atom. The van der Waals surface area contributed by atoms with Crippen molar-refractivity contribution in [3.63, 3.8) is 0 Å². The first kappa shape index (κ1) is 14.0. The summed E-state index contributed by atoms with van der Waals surface area (Å²) in [6.45, 7) is 4.36. The van der Waals surface area contributed by atoms with E-state index in [2.05, 4.69) is 28.6 Å². The SMILES string of the molecule is Cc1cnccc1CNC1CCCCC1C1CCCN1. The van der Waals surface area contributed by atoms with E-state index in [-0.39, 0.29) is 0 Å². The summed E-state index contributed by atoms with van der Waals surface area (Å²) >= 11 is 0. The number of hydrogen-bond donors (Lipinski definition) is 2. The van der Waals surface area contributed by atoms with Gasteiger partial charge in [0.25, 0.3) is 0 Å². The molecule has 1 saturated heterocycles. The van der Waals surface area contributed by atoms with Crippen molar-refractivity contribution in [2.45, 2.75) is 64.1 Å². The van der Waals surface area contributed by atoms with E-state index in [1.165, 1.54) is 56.2 Å². The van der Waals surface area contributed by atoms with E-state index in [4.69, 9.17) is 0 Å². The van der Waals surface area contributed by atoms with Crippen LogP contribution in [0.3, 0.4) is 0 Å². The van der Waals surface area contributed by atoms with Crippen molar-refractivity contribution in [2.24, 2.45) is 5.92 Å². The molecule has 0 bridgehead atoms. The molecule has 0 radical (unpaired) electrons. The van der Waals surface area contributed by atoms with Crippen LogP contribution < -0.4 is 10.6 Å². The summed E-state index contributed by atoms with van der Waals surface area (Å²) < 4.78 is 0. The van der Waals surface area contributed by atoms with Crippen LogP contribution in [0.5, 0.6) is 0 Å². The molecule has 2 fully saturated rings. The molecule has 1 saturated carbocycles. The third-order valence-electron chi connectivity index (χ3n) is 5.13. The first-order valence-electron chi connectivity index (χ1n) is 8.21. The number of aryl methyl sites for hydroxylation is 1. The molecule has 3 atom stereocenters. The number of nitrogens with one attached hydrogen (secondary N) is 2. The van der Waals surface area contributed by atoms with E-state index in [9.17, 15) is 0 Å². The lowest BCUT2D eigenvalue weighted by Crippen LogP contribution is -2.46. The first-order chi connectivity index (χ1) is 9.84. The summed E-state index contributed by atoms with van der Waals surface area (Å²) in [6.07, 6.45) is 12.1. The zero-order chi connectivity index (χ0) is 13.8. The van der Waals surface area contributed by atoms with Crippen LogP contribution >= 0.6 is 0 Å². The van der Waals surface area contributed by atoms with E-state index >= 15 is 0 Å². The molecule has 0 spiro atoms. The summed E-state index contributed by atoms with van der Waals surface area (Å²) in [5.74, 6) is 0.827. The highest BCUT2D eigenvalue weighted by atomic mass is 15.0. The predicted molar refractivity (Wildman–Crippen MR) is 82.6 cm³/mol. The number of rotatable bonds is 4. The van der Waals surface area contributed by atoms with Crippen molar-refractivity contribution in [1.82, 2.24) is 15.6 Å². The van der Waals surface area contributed by atoms with Gasteiger partial charge in [-0.1, -0.05) is 12.8 Å². The summed E-state index contributed by atoms with van der Waals surface area (Å²) in [5, 5.41) is 7.55. The van der Waals surface area contributed by atoms with E-state index in [1.807, 2.05) is 12.4 Å². The van der Waals surface area contributed by atoms with Crippen LogP contribution in [-0.4, -0.2) is 23.6 Å². The number of nitrogens with zero attached hydrogens (tertiary/aromatic N) is 1. The predicted octanol–water partition coefficient (Wildman–Crippen LogP) is 2.79. The fraction of sp³-hybridized carbons (Fsp3) is 0.706. The average molecular weight is 273 g/mol. The topological polar surface area (TPSA) is 37.0 Å². The molecule has 3 rings (SSSR count). The Morgan fingerprint density at radius 2 is 2.15 bits per heavy atom. The maximum atomic E-state index is 4.18. The number of aromatic nitrogens is 1. The maximum absolute atomic E-state index is 4.18. The van der Waals surface area contributed by atoms with Gasteiger partial charge in [0.05, 0.1) is 0 Å². The highest BCUT2D eigenvalue weighted by Crippen LogP contribution is 2.30. The quantitative estimate of drug-likeness (QED) is 0.886. The molecule has 3 heteroatoms. The standard InChI is InChI=1S/C17H27N3/c1-13-11-18-10-8-14(13)12-20-17-6-3-2-5-15(17)16-7-4-9-19-16/h8,10-11,15-17,19-20H,2-7,9,12H2,1H3. The molecular weight excluding hydrogens is 246 g/mol. The van der Waals surface area contributed by atoms with E-state index in [1.54, 1.807) is 0 Å². The molecular formula is C17H27N3. The van der Waals surface area contributed by atoms with E-state index < -0.39 is 0 Å². The minimum Gasteiger partial charge on any atom is -0.314 e. The van der Waals surface area contributed by atoms with Crippen molar-refractivity contribution in [2.75, 3.05) is 6.54 Å². The molecule has 2 aliphatic rings. The Balaban J connectivity index is 1.60. The van der Waals surface area contributed by atoms with Gasteiger partial charge in [0.2, 0.25) is 0 Å². The fourth-order valence-electron chi connectivity index (χ4n) is 3.91. The Morgan fingerprint density at radius 3 is 2.95 bits per heavy atom. The molecule has 20 heavy (non-hydrogen) atoms. The second kappa shape index (κ2) is 6.68. The van der Waals surface area contributed by atoms with Crippen molar-refractivity contribution in [3.05, 3.63) is 29.6 Å². The summed E-state index contributed by atoms with van der Waals surface area (Å²) in [5.41, 5.74) is 2.69. The molecule has 3 nitrogen and oxygen atoms in total. The van der Waals surface area contributed by atoms with Gasteiger partial charge in [0.1, 0.15) is 0 Å². The van der Waals surface area contributed by atoms with Crippen LogP contribution in [0, 0.1) is 12.8 Å². The first-order valence-corrected chi connectivity index (χ1v) is 8.21. The minimum atomic E-state index is 0.687. The van der Waals surface area contributed by atoms with Gasteiger partial charge in [-0.25, -0.2) is 0 Å². The minimum absolute atomic E-state index is 0.687. The molecule has 0 amide bonds. The molecule has 1 aliphatic heterocycles. The van der Waals surface area contributed by atoms with E-state index in [0.29, 0.717) is 6.04 Å². The van der Waals surface area contributed by atoms with Crippen LogP contribution in [-0.2, 0) is 6.54 Å². The molecule has 1 aromatic rings. The van der Waals surface area contributed by atoms with E-state index in [0.717, 1.165) is 18.5 Å². The molecule has 1 aromatic heterocycles. The summed E-state index contributed by atoms with van der Waals surface area (Å²) in [6, 6.07) is 3.59. The largest absolute Gasteiger partial charge is 0.314 e. The Kier molecular flexibility index (Phi) is 4.69. The lowest BCUT2D eigenvalue weighted by Gasteiger charge is -2.36. The second-order valence-electron chi connectivity index (χ2n) is 6.44. The van der Waals surface area contributed by atoms with Gasteiger partial charge < -0.3 is 10.6 Å². The van der Waals surface area contributed by atoms with Gasteiger partial charge in [-0.3, -0.25) is 4.98 Å². The van der Waals surface area contributed by atoms with Crippen LogP contribution in [0.15, 0.2) is 18.5 Å². The van der Waals surface area contributed by atoms with Gasteiger partial charge in [0, 0.05) is 31.0 Å². The third-order valence-corrected chi connectivity index (χ3v) is 5.13. The second-order valence-corrected chi connectivity index (χ2v) is 6.44. The highest BCUT2D eigenvalue weighted by Gasteiger charge is 2.32. The molecule has 110 valence electrons. The van der Waals surface area contributed by atoms with Crippen LogP contribution in [0.4, 0.5) is 0 Å². The Bertz CT molecular complexity index is 426. The Hall–Kier alpha value is -0.930. The molecule has 3 unspecified atom stereocenters. The average Bonchev–Trinajstić information content (AvgIpc) is 3.01.